The number of nitrogens with zero attached hydrogens (tertiary/aromatic N) is 1. The molecule has 1 aromatic heterocycles. The van der Waals surface area contributed by atoms with Crippen LogP contribution in [0.5, 0.6) is 0 Å². The van der Waals surface area contributed by atoms with Gasteiger partial charge >= 0.3 is 5.97 Å². The van der Waals surface area contributed by atoms with Crippen LogP contribution in [0, 0.1) is 0 Å². The maximum atomic E-state index is 11.7. The number of aromatic amines is 1. The van der Waals surface area contributed by atoms with E-state index in [1.165, 1.54) is 7.11 Å². The number of hydrogen-bond donors (Lipinski definition) is 2. The standard InChI is InChI=1S/C9H12BrN3O2/c1-15-8(14)9(11)4-2-3-5-6(9)12-13-7(5)10/h2-4,11H2,1H3,(H,12,13). The molecule has 0 bridgehead atoms. The van der Waals surface area contributed by atoms with Gasteiger partial charge in [-0.05, 0) is 35.2 Å². The largest absolute Gasteiger partial charge is 0.467 e. The van der Waals surface area contributed by atoms with Gasteiger partial charge in [-0.1, -0.05) is 0 Å². The van der Waals surface area contributed by atoms with E-state index in [1.807, 2.05) is 0 Å². The summed E-state index contributed by atoms with van der Waals surface area (Å²) < 4.78 is 5.46. The third-order valence-corrected chi connectivity index (χ3v) is 3.47. The molecular formula is C9H12BrN3O2. The van der Waals surface area contributed by atoms with E-state index >= 15 is 0 Å². The number of H-pyrrole nitrogens is 1. The van der Waals surface area contributed by atoms with Crippen molar-refractivity contribution >= 4 is 21.9 Å². The highest BCUT2D eigenvalue weighted by atomic mass is 79.9. The summed E-state index contributed by atoms with van der Waals surface area (Å²) in [4.78, 5) is 11.7. The first-order chi connectivity index (χ1) is 7.09. The Morgan fingerprint density at radius 3 is 3.13 bits per heavy atom. The molecular weight excluding hydrogens is 262 g/mol. The number of aromatic nitrogens is 2. The van der Waals surface area contributed by atoms with Crippen LogP contribution in [-0.2, 0) is 21.5 Å². The molecule has 1 atom stereocenters. The topological polar surface area (TPSA) is 81.0 Å². The SMILES string of the molecule is COC(=O)C1(N)CCCc2c(Br)n[nH]c21. The van der Waals surface area contributed by atoms with Crippen LogP contribution in [0.2, 0.25) is 0 Å². The summed E-state index contributed by atoms with van der Waals surface area (Å²) in [6.45, 7) is 0. The average Bonchev–Trinajstić information content (AvgIpc) is 2.61. The van der Waals surface area contributed by atoms with Crippen LogP contribution in [0.25, 0.3) is 0 Å². The minimum absolute atomic E-state index is 0.417. The van der Waals surface area contributed by atoms with Gasteiger partial charge in [0.1, 0.15) is 4.60 Å². The van der Waals surface area contributed by atoms with E-state index in [0.717, 1.165) is 23.0 Å². The number of nitrogens with two attached hydrogens (primary N) is 1. The molecule has 1 aliphatic carbocycles. The third-order valence-electron chi connectivity index (χ3n) is 2.81. The number of fused-ring (bicyclic) bond motifs is 1. The highest BCUT2D eigenvalue weighted by Crippen LogP contribution is 2.35. The number of rotatable bonds is 1. The fourth-order valence-electron chi connectivity index (χ4n) is 2.00. The first-order valence-electron chi connectivity index (χ1n) is 4.70. The summed E-state index contributed by atoms with van der Waals surface area (Å²) in [5, 5.41) is 6.82. The van der Waals surface area contributed by atoms with Crippen LogP contribution < -0.4 is 5.73 Å². The van der Waals surface area contributed by atoms with Gasteiger partial charge in [0.2, 0.25) is 0 Å². The van der Waals surface area contributed by atoms with Crippen molar-refractivity contribution in [3.05, 3.63) is 15.9 Å². The molecule has 1 unspecified atom stereocenters. The van der Waals surface area contributed by atoms with Gasteiger partial charge in [0.15, 0.2) is 5.54 Å². The third kappa shape index (κ3) is 1.48. The van der Waals surface area contributed by atoms with Gasteiger partial charge in [0.05, 0.1) is 12.8 Å². The van der Waals surface area contributed by atoms with Crippen molar-refractivity contribution in [2.45, 2.75) is 24.8 Å². The lowest BCUT2D eigenvalue weighted by molar-refractivity contribution is -0.148. The number of ether oxygens (including phenoxy) is 1. The minimum atomic E-state index is -1.07. The number of hydrogen-bond acceptors (Lipinski definition) is 4. The van der Waals surface area contributed by atoms with Crippen molar-refractivity contribution in [2.24, 2.45) is 5.73 Å². The van der Waals surface area contributed by atoms with Crippen molar-refractivity contribution in [1.82, 2.24) is 10.2 Å². The highest BCUT2D eigenvalue weighted by molar-refractivity contribution is 9.10. The minimum Gasteiger partial charge on any atom is -0.467 e. The highest BCUT2D eigenvalue weighted by Gasteiger charge is 2.43. The Morgan fingerprint density at radius 1 is 1.73 bits per heavy atom. The summed E-state index contributed by atoms with van der Waals surface area (Å²) in [5.41, 5.74) is 6.66. The summed E-state index contributed by atoms with van der Waals surface area (Å²) in [5.74, 6) is -0.417. The summed E-state index contributed by atoms with van der Waals surface area (Å²) >= 11 is 3.32. The smallest absolute Gasteiger partial charge is 0.332 e. The molecule has 0 fully saturated rings. The van der Waals surface area contributed by atoms with E-state index in [4.69, 9.17) is 10.5 Å². The molecule has 0 amide bonds. The molecule has 1 aromatic rings. The molecule has 6 heteroatoms. The Bertz CT molecular complexity index is 404. The van der Waals surface area contributed by atoms with Gasteiger partial charge in [0, 0.05) is 5.56 Å². The molecule has 0 spiro atoms. The number of esters is 1. The molecule has 15 heavy (non-hydrogen) atoms. The van der Waals surface area contributed by atoms with Crippen LogP contribution in [0.1, 0.15) is 24.1 Å². The average molecular weight is 274 g/mol. The zero-order chi connectivity index (χ0) is 11.1. The fraction of sp³-hybridized carbons (Fsp3) is 0.556. The molecule has 3 N–H and O–H groups in total. The summed E-state index contributed by atoms with van der Waals surface area (Å²) in [6, 6.07) is 0. The molecule has 1 aliphatic rings. The van der Waals surface area contributed by atoms with E-state index in [2.05, 4.69) is 26.1 Å². The van der Waals surface area contributed by atoms with Gasteiger partial charge in [-0.25, -0.2) is 4.79 Å². The lowest BCUT2D eigenvalue weighted by Crippen LogP contribution is -2.48. The molecule has 82 valence electrons. The second kappa shape index (κ2) is 3.61. The zero-order valence-electron chi connectivity index (χ0n) is 8.34. The number of carbonyl (C=O) groups excluding carboxylic acids is 1. The second-order valence-corrected chi connectivity index (χ2v) is 4.44. The fourth-order valence-corrected chi connectivity index (χ4v) is 2.48. The molecule has 5 nitrogen and oxygen atoms in total. The van der Waals surface area contributed by atoms with Crippen LogP contribution >= 0.6 is 15.9 Å². The van der Waals surface area contributed by atoms with Crippen molar-refractivity contribution in [1.29, 1.82) is 0 Å². The zero-order valence-corrected chi connectivity index (χ0v) is 9.93. The van der Waals surface area contributed by atoms with Gasteiger partial charge in [-0.15, -0.1) is 0 Å². The summed E-state index contributed by atoms with van der Waals surface area (Å²) in [6.07, 6.45) is 2.32. The molecule has 0 radical (unpaired) electrons. The van der Waals surface area contributed by atoms with E-state index in [9.17, 15) is 4.79 Å². The Kier molecular flexibility index (Phi) is 2.56. The maximum Gasteiger partial charge on any atom is 0.332 e. The van der Waals surface area contributed by atoms with E-state index in [1.54, 1.807) is 0 Å². The van der Waals surface area contributed by atoms with Gasteiger partial charge in [-0.3, -0.25) is 5.10 Å². The Hall–Kier alpha value is -0.880. The Labute approximate surface area is 95.5 Å². The quantitative estimate of drug-likeness (QED) is 0.743. The number of halogens is 1. The predicted molar refractivity (Wildman–Crippen MR) is 57.1 cm³/mol. The van der Waals surface area contributed by atoms with Crippen LogP contribution in [0.4, 0.5) is 0 Å². The van der Waals surface area contributed by atoms with Gasteiger partial charge < -0.3 is 10.5 Å². The monoisotopic (exact) mass is 273 g/mol. The lowest BCUT2D eigenvalue weighted by atomic mass is 9.82. The first kappa shape index (κ1) is 10.6. The van der Waals surface area contributed by atoms with Crippen molar-refractivity contribution < 1.29 is 9.53 Å². The normalized spacial score (nSPS) is 24.7. The Morgan fingerprint density at radius 2 is 2.47 bits per heavy atom. The number of carbonyl (C=O) groups is 1. The van der Waals surface area contributed by atoms with E-state index < -0.39 is 11.5 Å². The lowest BCUT2D eigenvalue weighted by Gasteiger charge is -2.29. The molecule has 2 rings (SSSR count). The number of nitrogens with one attached hydrogen (secondary N) is 1. The van der Waals surface area contributed by atoms with Gasteiger partial charge in [0.25, 0.3) is 0 Å². The van der Waals surface area contributed by atoms with Crippen LogP contribution in [0.3, 0.4) is 0 Å². The van der Waals surface area contributed by atoms with Gasteiger partial charge in [-0.2, -0.15) is 5.10 Å². The maximum absolute atomic E-state index is 11.7. The number of methoxy groups -OCH3 is 1. The van der Waals surface area contributed by atoms with Crippen LogP contribution in [-0.4, -0.2) is 23.3 Å². The predicted octanol–water partition coefficient (Wildman–Crippen LogP) is 0.835. The van der Waals surface area contributed by atoms with Crippen molar-refractivity contribution in [2.75, 3.05) is 7.11 Å². The summed E-state index contributed by atoms with van der Waals surface area (Å²) in [7, 11) is 1.34. The molecule has 0 saturated heterocycles. The first-order valence-corrected chi connectivity index (χ1v) is 5.49. The van der Waals surface area contributed by atoms with Crippen molar-refractivity contribution in [3.63, 3.8) is 0 Å². The van der Waals surface area contributed by atoms with E-state index in [-0.39, 0.29) is 0 Å². The van der Waals surface area contributed by atoms with Crippen molar-refractivity contribution in [3.8, 4) is 0 Å². The Balaban J connectivity index is 2.49. The molecule has 1 heterocycles. The van der Waals surface area contributed by atoms with Crippen LogP contribution in [0.15, 0.2) is 4.60 Å². The van der Waals surface area contributed by atoms with E-state index in [0.29, 0.717) is 12.1 Å². The molecule has 0 saturated carbocycles. The molecule has 0 aliphatic heterocycles. The second-order valence-electron chi connectivity index (χ2n) is 3.68. The molecule has 0 aromatic carbocycles.